The van der Waals surface area contributed by atoms with E-state index in [-0.39, 0.29) is 24.5 Å². The van der Waals surface area contributed by atoms with Crippen LogP contribution in [0.25, 0.3) is 0 Å². The van der Waals surface area contributed by atoms with E-state index in [0.29, 0.717) is 25.7 Å². The van der Waals surface area contributed by atoms with Crippen molar-refractivity contribution in [3.05, 3.63) is 11.6 Å². The molecule has 3 fully saturated rings. The number of aliphatic hydroxyl groups excluding tert-OH is 1. The van der Waals surface area contributed by atoms with Gasteiger partial charge in [0.2, 0.25) is 0 Å². The Labute approximate surface area is 155 Å². The first-order valence-corrected chi connectivity index (χ1v) is 9.35. The van der Waals surface area contributed by atoms with Gasteiger partial charge < -0.3 is 10.2 Å². The lowest BCUT2D eigenvalue weighted by Crippen LogP contribution is -2.58. The quantitative estimate of drug-likeness (QED) is 0.803. The van der Waals surface area contributed by atoms with E-state index in [4.69, 9.17) is 4.11 Å². The Balaban J connectivity index is 1.91. The molecule has 2 N–H and O–H groups in total. The highest BCUT2D eigenvalue weighted by Crippen LogP contribution is 2.67. The molecule has 0 saturated heterocycles. The molecule has 0 amide bonds. The number of carbonyl (C=O) groups excluding carboxylic acids is 2. The van der Waals surface area contributed by atoms with Crippen molar-refractivity contribution in [3.63, 3.8) is 0 Å². The molecule has 25 heavy (non-hydrogen) atoms. The van der Waals surface area contributed by atoms with E-state index < -0.39 is 53.4 Å². The Morgan fingerprint density at radius 2 is 2.12 bits per heavy atom. The van der Waals surface area contributed by atoms with Gasteiger partial charge in [0, 0.05) is 17.3 Å². The zero-order valence-electron chi connectivity index (χ0n) is 19.0. The fourth-order valence-electron chi connectivity index (χ4n) is 6.03. The molecular formula is C21H30O4. The molecule has 3 saturated carbocycles. The van der Waals surface area contributed by atoms with Gasteiger partial charge in [0.1, 0.15) is 12.2 Å². The molecule has 4 nitrogen and oxygen atoms in total. The van der Waals surface area contributed by atoms with Gasteiger partial charge in [-0.25, -0.2) is 0 Å². The maximum absolute atomic E-state index is 12.5. The highest BCUT2D eigenvalue weighted by Gasteiger charge is 2.65. The molecule has 4 aliphatic carbocycles. The fraction of sp³-hybridized carbons (Fsp3) is 0.810. The Bertz CT molecular complexity index is 813. The van der Waals surface area contributed by atoms with Crippen LogP contribution in [-0.2, 0) is 9.59 Å². The third-order valence-electron chi connectivity index (χ3n) is 7.71. The number of fused-ring (bicyclic) bond motifs is 5. The van der Waals surface area contributed by atoms with E-state index in [1.54, 1.807) is 6.08 Å². The standard InChI is InChI=1S/C21H30O4/c1-19-8-5-14(23)11-13(19)3-4-15-16(19)6-9-20(2)17(15)7-10-21(20,25)18(24)12-22/h11,15-17,22,25H,3-10,12H2,1-2H3/t15-,16+,17+,19+,20+,21+/m1/s1/i6D,9D2,16D/t6-,15+,16-,17-,19-,20-,21-/m0. The lowest BCUT2D eigenvalue weighted by Gasteiger charge is -2.58. The Hall–Kier alpha value is -1.00. The maximum atomic E-state index is 12.5. The van der Waals surface area contributed by atoms with Crippen molar-refractivity contribution in [1.82, 2.24) is 0 Å². The summed E-state index contributed by atoms with van der Waals surface area (Å²) in [5, 5.41) is 20.8. The number of aliphatic hydroxyl groups is 2. The first-order chi connectivity index (χ1) is 13.3. The van der Waals surface area contributed by atoms with Crippen molar-refractivity contribution >= 4 is 11.6 Å². The number of hydrogen-bond donors (Lipinski definition) is 2. The summed E-state index contributed by atoms with van der Waals surface area (Å²) >= 11 is 0. The van der Waals surface area contributed by atoms with Gasteiger partial charge in [-0.05, 0) is 74.1 Å². The maximum Gasteiger partial charge on any atom is 0.190 e. The van der Waals surface area contributed by atoms with Crippen molar-refractivity contribution in [2.75, 3.05) is 6.61 Å². The summed E-state index contributed by atoms with van der Waals surface area (Å²) in [7, 11) is 0. The minimum absolute atomic E-state index is 0.0218. The first-order valence-electron chi connectivity index (χ1n) is 11.4. The molecule has 0 aromatic carbocycles. The zero-order chi connectivity index (χ0) is 21.6. The molecule has 4 heteroatoms. The number of ketones is 2. The van der Waals surface area contributed by atoms with Crippen molar-refractivity contribution in [1.29, 1.82) is 0 Å². The molecule has 7 atom stereocenters. The molecule has 0 unspecified atom stereocenters. The van der Waals surface area contributed by atoms with Crippen molar-refractivity contribution in [2.45, 2.75) is 70.7 Å². The lowest BCUT2D eigenvalue weighted by atomic mass is 9.46. The molecule has 0 heterocycles. The van der Waals surface area contributed by atoms with Crippen LogP contribution in [-0.4, -0.2) is 34.0 Å². The van der Waals surface area contributed by atoms with Crippen molar-refractivity contribution in [2.24, 2.45) is 28.6 Å². The zero-order valence-corrected chi connectivity index (χ0v) is 15.0. The van der Waals surface area contributed by atoms with Gasteiger partial charge in [-0.2, -0.15) is 0 Å². The minimum Gasteiger partial charge on any atom is -0.388 e. The molecule has 4 rings (SSSR count). The predicted octanol–water partition coefficient (Wildman–Crippen LogP) is 2.81. The summed E-state index contributed by atoms with van der Waals surface area (Å²) in [5.41, 5.74) is -3.54. The normalized spacial score (nSPS) is 59.3. The van der Waals surface area contributed by atoms with Gasteiger partial charge in [0.05, 0.1) is 0 Å². The molecule has 0 radical (unpaired) electrons. The van der Waals surface area contributed by atoms with E-state index in [2.05, 4.69) is 0 Å². The van der Waals surface area contributed by atoms with Crippen LogP contribution >= 0.6 is 0 Å². The molecule has 0 aromatic rings. The van der Waals surface area contributed by atoms with Crippen LogP contribution < -0.4 is 0 Å². The topological polar surface area (TPSA) is 74.6 Å². The third-order valence-corrected chi connectivity index (χ3v) is 7.71. The fourth-order valence-corrected chi connectivity index (χ4v) is 6.03. The summed E-state index contributed by atoms with van der Waals surface area (Å²) in [4.78, 5) is 24.5. The van der Waals surface area contributed by atoms with E-state index in [0.717, 1.165) is 5.57 Å². The Kier molecular flexibility index (Phi) is 2.91. The van der Waals surface area contributed by atoms with Crippen LogP contribution in [0, 0.1) is 28.6 Å². The van der Waals surface area contributed by atoms with Crippen molar-refractivity contribution < 1.29 is 25.3 Å². The van der Waals surface area contributed by atoms with Crippen LogP contribution in [0.5, 0.6) is 0 Å². The molecule has 0 aromatic heterocycles. The number of rotatable bonds is 2. The Morgan fingerprint density at radius 3 is 2.84 bits per heavy atom. The highest BCUT2D eigenvalue weighted by atomic mass is 16.3. The van der Waals surface area contributed by atoms with Crippen LogP contribution in [0.15, 0.2) is 11.6 Å². The number of Topliss-reactive ketones (excluding diaryl/α,β-unsaturated/α-hetero) is 1. The van der Waals surface area contributed by atoms with E-state index >= 15 is 0 Å². The van der Waals surface area contributed by atoms with Crippen LogP contribution in [0.4, 0.5) is 0 Å². The number of hydrogen-bond acceptors (Lipinski definition) is 4. The number of carbonyl (C=O) groups is 2. The van der Waals surface area contributed by atoms with Gasteiger partial charge >= 0.3 is 0 Å². The molecule has 138 valence electrons. The van der Waals surface area contributed by atoms with E-state index in [1.165, 1.54) is 6.92 Å². The average molecular weight is 350 g/mol. The minimum atomic E-state index is -2.32. The largest absolute Gasteiger partial charge is 0.388 e. The first kappa shape index (κ1) is 13.2. The van der Waals surface area contributed by atoms with Crippen molar-refractivity contribution in [3.8, 4) is 0 Å². The van der Waals surface area contributed by atoms with Gasteiger partial charge in [-0.15, -0.1) is 0 Å². The summed E-state index contributed by atoms with van der Waals surface area (Å²) in [6.07, 6.45) is 0.0546. The van der Waals surface area contributed by atoms with Gasteiger partial charge in [0.15, 0.2) is 11.6 Å². The molecule has 0 spiro atoms. The summed E-state index contributed by atoms with van der Waals surface area (Å²) in [6.45, 7) is 2.56. The summed E-state index contributed by atoms with van der Waals surface area (Å²) < 4.78 is 36.4. The lowest BCUT2D eigenvalue weighted by molar-refractivity contribution is -0.164. The average Bonchev–Trinajstić information content (AvgIpc) is 2.95. The summed E-state index contributed by atoms with van der Waals surface area (Å²) in [5.74, 6) is -3.06. The third kappa shape index (κ3) is 2.13. The molecule has 4 aliphatic rings. The predicted molar refractivity (Wildman–Crippen MR) is 93.8 cm³/mol. The van der Waals surface area contributed by atoms with E-state index in [1.807, 2.05) is 6.92 Å². The van der Waals surface area contributed by atoms with Crippen LogP contribution in [0.1, 0.15) is 70.6 Å². The monoisotopic (exact) mass is 350 g/mol. The smallest absolute Gasteiger partial charge is 0.190 e. The van der Waals surface area contributed by atoms with E-state index in [9.17, 15) is 21.2 Å². The van der Waals surface area contributed by atoms with Crippen LogP contribution in [0.3, 0.4) is 0 Å². The Morgan fingerprint density at radius 1 is 1.36 bits per heavy atom. The number of allylic oxidation sites excluding steroid dienone is 1. The molecular weight excluding hydrogens is 316 g/mol. The van der Waals surface area contributed by atoms with Gasteiger partial charge in [-0.3, -0.25) is 9.59 Å². The highest BCUT2D eigenvalue weighted by molar-refractivity contribution is 5.91. The second-order valence-corrected chi connectivity index (χ2v) is 8.65. The van der Waals surface area contributed by atoms with Gasteiger partial charge in [-0.1, -0.05) is 19.4 Å². The van der Waals surface area contributed by atoms with Gasteiger partial charge in [0.25, 0.3) is 0 Å². The van der Waals surface area contributed by atoms with Crippen LogP contribution in [0.2, 0.25) is 0 Å². The second kappa shape index (κ2) is 5.50. The summed E-state index contributed by atoms with van der Waals surface area (Å²) in [6, 6.07) is 0. The molecule has 0 bridgehead atoms. The second-order valence-electron chi connectivity index (χ2n) is 8.65. The molecule has 0 aliphatic heterocycles. The SMILES string of the molecule is [2H][C@H]1C([2H])([2H])[C@@]2(C)[C@@H](CC[C@]2(O)C(=O)CO)[C@@H]2CCC3=CC(=O)CC[C@]3(C)[C@]21[2H].